The lowest BCUT2D eigenvalue weighted by Crippen LogP contribution is -2.48. The highest BCUT2D eigenvalue weighted by Crippen LogP contribution is 2.11. The quantitative estimate of drug-likeness (QED) is 0.513. The van der Waals surface area contributed by atoms with Crippen LogP contribution >= 0.6 is 24.4 Å². The zero-order chi connectivity index (χ0) is 16.5. The highest BCUT2D eigenvalue weighted by atomic mass is 32.1. The summed E-state index contributed by atoms with van der Waals surface area (Å²) in [5.41, 5.74) is 0.0579. The first-order valence-electron chi connectivity index (χ1n) is 7.79. The molecule has 6 heteroatoms. The molecule has 0 heterocycles. The molecule has 0 bridgehead atoms. The highest BCUT2D eigenvalue weighted by molar-refractivity contribution is 7.80. The molecule has 4 nitrogen and oxygen atoms in total. The summed E-state index contributed by atoms with van der Waals surface area (Å²) in [6.07, 6.45) is 2.12. The molecule has 0 aromatic rings. The summed E-state index contributed by atoms with van der Waals surface area (Å²) < 4.78 is 0. The smallest absolute Gasteiger partial charge is 0.166 e. The molecule has 0 saturated heterocycles. The van der Waals surface area contributed by atoms with Gasteiger partial charge < -0.3 is 21.3 Å². The zero-order valence-corrected chi connectivity index (χ0v) is 15.9. The van der Waals surface area contributed by atoms with Gasteiger partial charge in [-0.3, -0.25) is 0 Å². The third-order valence-corrected chi connectivity index (χ3v) is 3.96. The average molecular weight is 333 g/mol. The van der Waals surface area contributed by atoms with Crippen LogP contribution in [-0.2, 0) is 0 Å². The molecule has 4 N–H and O–H groups in total. The normalized spacial score (nSPS) is 14.0. The molecule has 0 rings (SSSR count). The molecule has 0 spiro atoms. The van der Waals surface area contributed by atoms with Crippen molar-refractivity contribution in [1.29, 1.82) is 0 Å². The SMILES string of the molecule is CC[C@@H](C)NC(=S)NCC(C)(C)CNC(=S)N[C@H](C)CC. The Labute approximate surface area is 141 Å². The Hall–Kier alpha value is -0.620. The molecule has 0 aromatic heterocycles. The van der Waals surface area contributed by atoms with Crippen LogP contribution in [-0.4, -0.2) is 35.4 Å². The van der Waals surface area contributed by atoms with Crippen LogP contribution in [0.4, 0.5) is 0 Å². The van der Waals surface area contributed by atoms with Gasteiger partial charge in [0.1, 0.15) is 0 Å². The van der Waals surface area contributed by atoms with Crippen molar-refractivity contribution in [2.45, 2.75) is 66.5 Å². The van der Waals surface area contributed by atoms with E-state index in [4.69, 9.17) is 24.4 Å². The Bertz CT molecular complexity index is 302. The maximum Gasteiger partial charge on any atom is 0.166 e. The van der Waals surface area contributed by atoms with Gasteiger partial charge in [-0.05, 0) is 56.5 Å². The lowest BCUT2D eigenvalue weighted by molar-refractivity contribution is 0.358. The average Bonchev–Trinajstić information content (AvgIpc) is 2.43. The summed E-state index contributed by atoms with van der Waals surface area (Å²) in [7, 11) is 0. The van der Waals surface area contributed by atoms with Gasteiger partial charge in [0, 0.05) is 25.2 Å². The second-order valence-corrected chi connectivity index (χ2v) is 7.25. The van der Waals surface area contributed by atoms with E-state index < -0.39 is 0 Å². The molecule has 0 amide bonds. The minimum atomic E-state index is 0.0579. The van der Waals surface area contributed by atoms with E-state index in [0.29, 0.717) is 12.1 Å². The van der Waals surface area contributed by atoms with Crippen LogP contribution in [0.5, 0.6) is 0 Å². The Morgan fingerprint density at radius 1 is 0.857 bits per heavy atom. The summed E-state index contributed by atoms with van der Waals surface area (Å²) in [6.45, 7) is 14.5. The standard InChI is InChI=1S/C15H32N4S2/c1-7-11(3)18-13(20)16-9-15(5,6)10-17-14(21)19-12(4)8-2/h11-12H,7-10H2,1-6H3,(H2,16,18,20)(H2,17,19,21)/t11-,12-/m1/s1. The number of thiocarbonyl (C=S) groups is 2. The maximum atomic E-state index is 5.29. The molecular formula is C15H32N4S2. The fourth-order valence-corrected chi connectivity index (χ4v) is 2.00. The Balaban J connectivity index is 4.03. The van der Waals surface area contributed by atoms with Gasteiger partial charge in [0.15, 0.2) is 10.2 Å². The monoisotopic (exact) mass is 332 g/mol. The molecule has 2 atom stereocenters. The first kappa shape index (κ1) is 20.4. The minimum Gasteiger partial charge on any atom is -0.362 e. The third-order valence-electron chi connectivity index (χ3n) is 3.43. The van der Waals surface area contributed by atoms with E-state index in [-0.39, 0.29) is 5.41 Å². The molecular weight excluding hydrogens is 300 g/mol. The van der Waals surface area contributed by atoms with E-state index in [0.717, 1.165) is 36.2 Å². The van der Waals surface area contributed by atoms with E-state index in [1.54, 1.807) is 0 Å². The van der Waals surface area contributed by atoms with Crippen molar-refractivity contribution in [3.63, 3.8) is 0 Å². The molecule has 0 aliphatic heterocycles. The summed E-state index contributed by atoms with van der Waals surface area (Å²) in [6, 6.07) is 0.803. The summed E-state index contributed by atoms with van der Waals surface area (Å²) in [4.78, 5) is 0. The largest absolute Gasteiger partial charge is 0.362 e. The van der Waals surface area contributed by atoms with Gasteiger partial charge in [-0.2, -0.15) is 0 Å². The maximum absolute atomic E-state index is 5.29. The van der Waals surface area contributed by atoms with E-state index in [9.17, 15) is 0 Å². The predicted octanol–water partition coefficient (Wildman–Crippen LogP) is 2.54. The van der Waals surface area contributed by atoms with Crippen molar-refractivity contribution in [1.82, 2.24) is 21.3 Å². The van der Waals surface area contributed by atoms with Crippen LogP contribution in [0.1, 0.15) is 54.4 Å². The van der Waals surface area contributed by atoms with Crippen molar-refractivity contribution in [3.8, 4) is 0 Å². The topological polar surface area (TPSA) is 48.1 Å². The van der Waals surface area contributed by atoms with E-state index >= 15 is 0 Å². The molecule has 0 fully saturated rings. The van der Waals surface area contributed by atoms with Crippen LogP contribution in [0.25, 0.3) is 0 Å². The number of rotatable bonds is 8. The Morgan fingerprint density at radius 2 is 1.19 bits per heavy atom. The molecule has 21 heavy (non-hydrogen) atoms. The van der Waals surface area contributed by atoms with Crippen molar-refractivity contribution < 1.29 is 0 Å². The lowest BCUT2D eigenvalue weighted by atomic mass is 9.93. The fourth-order valence-electron chi connectivity index (χ4n) is 1.46. The van der Waals surface area contributed by atoms with Gasteiger partial charge in [0.25, 0.3) is 0 Å². The van der Waals surface area contributed by atoms with Crippen LogP contribution in [0.15, 0.2) is 0 Å². The zero-order valence-electron chi connectivity index (χ0n) is 14.3. The van der Waals surface area contributed by atoms with Gasteiger partial charge in [-0.25, -0.2) is 0 Å². The Kier molecular flexibility index (Phi) is 9.86. The van der Waals surface area contributed by atoms with Gasteiger partial charge in [0.05, 0.1) is 0 Å². The molecule has 124 valence electrons. The molecule has 0 aliphatic rings. The second kappa shape index (κ2) is 10.2. The van der Waals surface area contributed by atoms with Gasteiger partial charge in [-0.15, -0.1) is 0 Å². The highest BCUT2D eigenvalue weighted by Gasteiger charge is 2.19. The Morgan fingerprint density at radius 3 is 1.48 bits per heavy atom. The minimum absolute atomic E-state index is 0.0579. The van der Waals surface area contributed by atoms with E-state index in [2.05, 4.69) is 62.8 Å². The predicted molar refractivity (Wildman–Crippen MR) is 101 cm³/mol. The second-order valence-electron chi connectivity index (χ2n) is 6.44. The number of hydrogen-bond acceptors (Lipinski definition) is 2. The number of nitrogens with one attached hydrogen (secondary N) is 4. The summed E-state index contributed by atoms with van der Waals surface area (Å²) >= 11 is 10.6. The molecule has 0 aromatic carbocycles. The molecule has 0 aliphatic carbocycles. The third kappa shape index (κ3) is 10.7. The van der Waals surface area contributed by atoms with E-state index in [1.807, 2.05) is 0 Å². The van der Waals surface area contributed by atoms with Crippen molar-refractivity contribution in [2.24, 2.45) is 5.41 Å². The first-order valence-corrected chi connectivity index (χ1v) is 8.60. The van der Waals surface area contributed by atoms with Gasteiger partial charge in [-0.1, -0.05) is 27.7 Å². The molecule has 0 unspecified atom stereocenters. The number of hydrogen-bond donors (Lipinski definition) is 4. The fraction of sp³-hybridized carbons (Fsp3) is 0.867. The lowest BCUT2D eigenvalue weighted by Gasteiger charge is -2.28. The summed E-state index contributed by atoms with van der Waals surface area (Å²) in [5.74, 6) is 0. The summed E-state index contributed by atoms with van der Waals surface area (Å²) in [5, 5.41) is 14.5. The first-order chi connectivity index (χ1) is 9.70. The van der Waals surface area contributed by atoms with E-state index in [1.165, 1.54) is 0 Å². The van der Waals surface area contributed by atoms with Crippen LogP contribution < -0.4 is 21.3 Å². The molecule has 0 radical (unpaired) electrons. The van der Waals surface area contributed by atoms with Crippen LogP contribution in [0, 0.1) is 5.41 Å². The van der Waals surface area contributed by atoms with Crippen molar-refractivity contribution in [2.75, 3.05) is 13.1 Å². The molecule has 0 saturated carbocycles. The van der Waals surface area contributed by atoms with Gasteiger partial charge in [0.2, 0.25) is 0 Å². The van der Waals surface area contributed by atoms with Crippen LogP contribution in [0.2, 0.25) is 0 Å². The van der Waals surface area contributed by atoms with Gasteiger partial charge >= 0.3 is 0 Å². The van der Waals surface area contributed by atoms with Crippen molar-refractivity contribution in [3.05, 3.63) is 0 Å². The van der Waals surface area contributed by atoms with Crippen LogP contribution in [0.3, 0.4) is 0 Å². The van der Waals surface area contributed by atoms with Crippen molar-refractivity contribution >= 4 is 34.7 Å².